The average molecular weight is 447 g/mol. The summed E-state index contributed by atoms with van der Waals surface area (Å²) in [5, 5.41) is 0.579. The summed E-state index contributed by atoms with van der Waals surface area (Å²) in [5.41, 5.74) is 1.17. The Morgan fingerprint density at radius 3 is 2.47 bits per heavy atom. The first-order valence-electron chi connectivity index (χ1n) is 9.25. The standard InChI is InChI=1S/C22H20Cl2N2O4/c1-3-18-25-19(21(27)16-10-9-15(23)11-17(16)24)20(22(28)29-2)26(18)13-30-12-14-7-5-4-6-8-14/h4-11H,3,12-13H2,1-2H3. The number of hydrogen-bond donors (Lipinski definition) is 0. The third-order valence-electron chi connectivity index (χ3n) is 4.46. The van der Waals surface area contributed by atoms with E-state index >= 15 is 0 Å². The predicted octanol–water partition coefficient (Wildman–Crippen LogP) is 4.94. The normalized spacial score (nSPS) is 10.8. The van der Waals surface area contributed by atoms with Gasteiger partial charge in [0.1, 0.15) is 18.2 Å². The summed E-state index contributed by atoms with van der Waals surface area (Å²) in [5.74, 6) is -0.649. The summed E-state index contributed by atoms with van der Waals surface area (Å²) in [7, 11) is 1.25. The highest BCUT2D eigenvalue weighted by Gasteiger charge is 2.29. The Morgan fingerprint density at radius 2 is 1.83 bits per heavy atom. The molecule has 1 aromatic heterocycles. The molecule has 8 heteroatoms. The molecule has 0 saturated heterocycles. The molecule has 0 bridgehead atoms. The van der Waals surface area contributed by atoms with Gasteiger partial charge in [0.25, 0.3) is 0 Å². The number of hydrogen-bond acceptors (Lipinski definition) is 5. The van der Waals surface area contributed by atoms with Crippen molar-refractivity contribution in [2.75, 3.05) is 7.11 Å². The molecule has 30 heavy (non-hydrogen) atoms. The molecule has 0 saturated carbocycles. The highest BCUT2D eigenvalue weighted by atomic mass is 35.5. The van der Waals surface area contributed by atoms with E-state index in [1.165, 1.54) is 19.2 Å². The van der Waals surface area contributed by atoms with E-state index in [1.807, 2.05) is 37.3 Å². The number of ketones is 1. The zero-order valence-electron chi connectivity index (χ0n) is 16.5. The van der Waals surface area contributed by atoms with Crippen LogP contribution in [0.3, 0.4) is 0 Å². The minimum Gasteiger partial charge on any atom is -0.464 e. The fourth-order valence-corrected chi connectivity index (χ4v) is 3.49. The van der Waals surface area contributed by atoms with Crippen molar-refractivity contribution in [2.45, 2.75) is 26.7 Å². The number of nitrogens with zero attached hydrogens (tertiary/aromatic N) is 2. The Hall–Kier alpha value is -2.67. The molecule has 0 spiro atoms. The molecule has 3 rings (SSSR count). The first kappa shape index (κ1) is 22.0. The SMILES string of the molecule is CCc1nc(C(=O)c2ccc(Cl)cc2Cl)c(C(=O)OC)n1COCc1ccccc1. The van der Waals surface area contributed by atoms with Gasteiger partial charge in [0.2, 0.25) is 5.78 Å². The maximum absolute atomic E-state index is 13.1. The van der Waals surface area contributed by atoms with Crippen LogP contribution in [0.5, 0.6) is 0 Å². The summed E-state index contributed by atoms with van der Waals surface area (Å²) >= 11 is 12.1. The third kappa shape index (κ3) is 4.73. The van der Waals surface area contributed by atoms with Gasteiger partial charge in [-0.1, -0.05) is 60.5 Å². The Kier molecular flexibility index (Phi) is 7.26. The van der Waals surface area contributed by atoms with Crippen LogP contribution in [0.2, 0.25) is 10.0 Å². The van der Waals surface area contributed by atoms with Crippen molar-refractivity contribution < 1.29 is 19.1 Å². The lowest BCUT2D eigenvalue weighted by atomic mass is 10.1. The van der Waals surface area contributed by atoms with Crippen LogP contribution in [-0.2, 0) is 29.2 Å². The lowest BCUT2D eigenvalue weighted by Gasteiger charge is -2.11. The monoisotopic (exact) mass is 446 g/mol. The molecule has 0 radical (unpaired) electrons. The van der Waals surface area contributed by atoms with E-state index in [9.17, 15) is 9.59 Å². The Labute approximate surface area is 184 Å². The quantitative estimate of drug-likeness (QED) is 0.361. The number of esters is 1. The van der Waals surface area contributed by atoms with Gasteiger partial charge in [-0.3, -0.25) is 9.36 Å². The molecular formula is C22H20Cl2N2O4. The van der Waals surface area contributed by atoms with Gasteiger partial charge in [-0.2, -0.15) is 0 Å². The second-order valence-corrected chi connectivity index (χ2v) is 7.26. The van der Waals surface area contributed by atoms with Gasteiger partial charge < -0.3 is 9.47 Å². The molecule has 0 atom stereocenters. The maximum atomic E-state index is 13.1. The number of carbonyl (C=O) groups excluding carboxylic acids is 2. The van der Waals surface area contributed by atoms with E-state index in [2.05, 4.69) is 4.98 Å². The van der Waals surface area contributed by atoms with Crippen LogP contribution in [0.25, 0.3) is 0 Å². The number of halogens is 2. The summed E-state index contributed by atoms with van der Waals surface area (Å²) in [4.78, 5) is 30.1. The van der Waals surface area contributed by atoms with E-state index in [1.54, 1.807) is 10.6 Å². The van der Waals surface area contributed by atoms with E-state index in [0.717, 1.165) is 5.56 Å². The van der Waals surface area contributed by atoms with Gasteiger partial charge in [-0.05, 0) is 23.8 Å². The Morgan fingerprint density at radius 1 is 1.10 bits per heavy atom. The lowest BCUT2D eigenvalue weighted by Crippen LogP contribution is -2.18. The minimum atomic E-state index is -0.682. The number of rotatable bonds is 8. The van der Waals surface area contributed by atoms with Crippen LogP contribution in [0.4, 0.5) is 0 Å². The first-order valence-corrected chi connectivity index (χ1v) is 10.0. The van der Waals surface area contributed by atoms with Crippen molar-refractivity contribution in [1.82, 2.24) is 9.55 Å². The van der Waals surface area contributed by atoms with Crippen LogP contribution < -0.4 is 0 Å². The van der Waals surface area contributed by atoms with Gasteiger partial charge in [0, 0.05) is 17.0 Å². The molecule has 3 aromatic rings. The van der Waals surface area contributed by atoms with Crippen molar-refractivity contribution in [3.05, 3.63) is 86.9 Å². The highest BCUT2D eigenvalue weighted by molar-refractivity contribution is 6.37. The highest BCUT2D eigenvalue weighted by Crippen LogP contribution is 2.25. The molecule has 0 aliphatic rings. The minimum absolute atomic E-state index is 0.0263. The molecule has 0 aliphatic carbocycles. The third-order valence-corrected chi connectivity index (χ3v) is 5.01. The van der Waals surface area contributed by atoms with Gasteiger partial charge in [0.05, 0.1) is 18.7 Å². The molecule has 156 valence electrons. The van der Waals surface area contributed by atoms with Crippen LogP contribution in [0, 0.1) is 0 Å². The molecule has 2 aromatic carbocycles. The van der Waals surface area contributed by atoms with Gasteiger partial charge in [-0.25, -0.2) is 9.78 Å². The number of aromatic nitrogens is 2. The van der Waals surface area contributed by atoms with Crippen LogP contribution >= 0.6 is 23.2 Å². The van der Waals surface area contributed by atoms with Gasteiger partial charge in [0.15, 0.2) is 5.69 Å². The van der Waals surface area contributed by atoms with Crippen LogP contribution in [0.1, 0.15) is 44.9 Å². The van der Waals surface area contributed by atoms with Crippen molar-refractivity contribution >= 4 is 35.0 Å². The van der Waals surface area contributed by atoms with Gasteiger partial charge >= 0.3 is 5.97 Å². The molecule has 1 heterocycles. The van der Waals surface area contributed by atoms with E-state index in [4.69, 9.17) is 32.7 Å². The summed E-state index contributed by atoms with van der Waals surface area (Å²) in [6.45, 7) is 2.26. The zero-order chi connectivity index (χ0) is 21.7. The number of carbonyl (C=O) groups is 2. The second-order valence-electron chi connectivity index (χ2n) is 6.41. The fraction of sp³-hybridized carbons (Fsp3) is 0.227. The molecule has 0 unspecified atom stereocenters. The van der Waals surface area contributed by atoms with Crippen molar-refractivity contribution in [3.63, 3.8) is 0 Å². The molecule has 6 nitrogen and oxygen atoms in total. The molecule has 0 amide bonds. The lowest BCUT2D eigenvalue weighted by molar-refractivity contribution is 0.0474. The van der Waals surface area contributed by atoms with E-state index in [0.29, 0.717) is 23.9 Å². The smallest absolute Gasteiger partial charge is 0.357 e. The average Bonchev–Trinajstić information content (AvgIpc) is 3.12. The molecule has 0 fully saturated rings. The number of aryl methyl sites for hydroxylation is 1. The maximum Gasteiger partial charge on any atom is 0.357 e. The predicted molar refractivity (Wildman–Crippen MR) is 114 cm³/mol. The number of benzene rings is 2. The van der Waals surface area contributed by atoms with Crippen LogP contribution in [-0.4, -0.2) is 28.4 Å². The second kappa shape index (κ2) is 9.89. The Balaban J connectivity index is 1.97. The zero-order valence-corrected chi connectivity index (χ0v) is 18.0. The summed E-state index contributed by atoms with van der Waals surface area (Å²) in [6, 6.07) is 14.2. The summed E-state index contributed by atoms with van der Waals surface area (Å²) in [6.07, 6.45) is 0.486. The van der Waals surface area contributed by atoms with Crippen molar-refractivity contribution in [3.8, 4) is 0 Å². The van der Waals surface area contributed by atoms with E-state index < -0.39 is 11.8 Å². The molecule has 0 N–H and O–H groups in total. The molecular weight excluding hydrogens is 427 g/mol. The fourth-order valence-electron chi connectivity index (χ4n) is 3.00. The van der Waals surface area contributed by atoms with Crippen molar-refractivity contribution in [2.24, 2.45) is 0 Å². The summed E-state index contributed by atoms with van der Waals surface area (Å²) < 4.78 is 12.3. The molecule has 0 aliphatic heterocycles. The van der Waals surface area contributed by atoms with Crippen molar-refractivity contribution in [1.29, 1.82) is 0 Å². The van der Waals surface area contributed by atoms with Gasteiger partial charge in [-0.15, -0.1) is 0 Å². The number of methoxy groups -OCH3 is 1. The Bertz CT molecular complexity index is 1060. The van der Waals surface area contributed by atoms with E-state index in [-0.39, 0.29) is 28.7 Å². The van der Waals surface area contributed by atoms with Crippen LogP contribution in [0.15, 0.2) is 48.5 Å². The topological polar surface area (TPSA) is 70.4 Å². The largest absolute Gasteiger partial charge is 0.464 e. The number of ether oxygens (including phenoxy) is 2. The number of imidazole rings is 1. The first-order chi connectivity index (χ1) is 14.5.